The van der Waals surface area contributed by atoms with Crippen molar-refractivity contribution in [1.82, 2.24) is 4.98 Å². The van der Waals surface area contributed by atoms with Crippen LogP contribution in [-0.2, 0) is 4.79 Å². The van der Waals surface area contributed by atoms with Crippen molar-refractivity contribution >= 4 is 35.8 Å². The van der Waals surface area contributed by atoms with Crippen LogP contribution in [0.2, 0.25) is 5.02 Å². The van der Waals surface area contributed by atoms with E-state index in [0.29, 0.717) is 5.02 Å². The Labute approximate surface area is 152 Å². The Morgan fingerprint density at radius 2 is 2.04 bits per heavy atom. The number of rotatable bonds is 6. The summed E-state index contributed by atoms with van der Waals surface area (Å²) in [6, 6.07) is 11.2. The summed E-state index contributed by atoms with van der Waals surface area (Å²) in [5, 5.41) is 9.59. The van der Waals surface area contributed by atoms with E-state index in [2.05, 4.69) is 4.98 Å². The second kappa shape index (κ2) is 8.87. The van der Waals surface area contributed by atoms with E-state index in [9.17, 15) is 4.79 Å². The molecule has 130 valence electrons. The van der Waals surface area contributed by atoms with Gasteiger partial charge in [0, 0.05) is 30.6 Å². The molecule has 0 aliphatic heterocycles. The first-order valence-electron chi connectivity index (χ1n) is 7.28. The molecule has 1 heterocycles. The van der Waals surface area contributed by atoms with Crippen LogP contribution in [0.15, 0.2) is 36.4 Å². The minimum absolute atomic E-state index is 0. The molecule has 2 rings (SSSR count). The molecule has 0 spiro atoms. The first kappa shape index (κ1) is 20.2. The van der Waals surface area contributed by atoms with Gasteiger partial charge in [-0.3, -0.25) is 4.79 Å². The summed E-state index contributed by atoms with van der Waals surface area (Å²) < 4.78 is 0. The normalized spacial score (nSPS) is 11.5. The van der Waals surface area contributed by atoms with Gasteiger partial charge in [0.05, 0.1) is 12.1 Å². The van der Waals surface area contributed by atoms with E-state index in [1.807, 2.05) is 49.3 Å². The number of hydrogen-bond donors (Lipinski definition) is 2. The van der Waals surface area contributed by atoms with E-state index in [1.54, 1.807) is 6.07 Å². The van der Waals surface area contributed by atoms with E-state index >= 15 is 0 Å². The van der Waals surface area contributed by atoms with Crippen LogP contribution in [0, 0.1) is 0 Å². The van der Waals surface area contributed by atoms with Crippen LogP contribution in [0.25, 0.3) is 11.3 Å². The molecule has 1 atom stereocenters. The monoisotopic (exact) mass is 369 g/mol. The van der Waals surface area contributed by atoms with Gasteiger partial charge in [0.25, 0.3) is 0 Å². The molecule has 0 saturated carbocycles. The molecule has 0 saturated heterocycles. The van der Waals surface area contributed by atoms with Gasteiger partial charge in [-0.1, -0.05) is 23.7 Å². The predicted octanol–water partition coefficient (Wildman–Crippen LogP) is 3.41. The molecule has 0 amide bonds. The highest BCUT2D eigenvalue weighted by Gasteiger charge is 2.16. The number of nitrogens with zero attached hydrogens (tertiary/aromatic N) is 2. The average Bonchev–Trinajstić information content (AvgIpc) is 2.53. The van der Waals surface area contributed by atoms with Crippen LogP contribution in [0.1, 0.15) is 17.9 Å². The molecule has 0 aliphatic carbocycles. The number of aromatic nitrogens is 1. The Kier molecular flexibility index (Phi) is 7.48. The summed E-state index contributed by atoms with van der Waals surface area (Å²) in [7, 11) is 3.84. The van der Waals surface area contributed by atoms with Gasteiger partial charge < -0.3 is 15.7 Å². The molecule has 24 heavy (non-hydrogen) atoms. The number of carbonyl (C=O) groups is 1. The van der Waals surface area contributed by atoms with Crippen molar-refractivity contribution in [2.45, 2.75) is 12.3 Å². The van der Waals surface area contributed by atoms with Crippen LogP contribution in [0.4, 0.5) is 5.82 Å². The zero-order valence-electron chi connectivity index (χ0n) is 13.6. The maximum Gasteiger partial charge on any atom is 0.304 e. The van der Waals surface area contributed by atoms with Crippen molar-refractivity contribution in [2.24, 2.45) is 5.73 Å². The van der Waals surface area contributed by atoms with E-state index in [0.717, 1.165) is 22.6 Å². The van der Waals surface area contributed by atoms with Gasteiger partial charge in [-0.2, -0.15) is 0 Å². The molecular weight excluding hydrogens is 349 g/mol. The van der Waals surface area contributed by atoms with Gasteiger partial charge in [-0.05, 0) is 36.4 Å². The summed E-state index contributed by atoms with van der Waals surface area (Å²) in [5.41, 5.74) is 8.10. The maximum atomic E-state index is 11.0. The highest BCUT2D eigenvalue weighted by molar-refractivity contribution is 6.33. The predicted molar refractivity (Wildman–Crippen MR) is 100 cm³/mol. The Bertz CT molecular complexity index is 708. The third-order valence-corrected chi connectivity index (χ3v) is 3.97. The standard InChI is InChI=1S/C17H20ClN3O2.ClH/c1-21(2)16-5-3-4-15(20-16)13-8-11(6-7-14(13)18)12(10-19)9-17(22)23;/h3-8,12H,9-10,19H2,1-2H3,(H,22,23);1H/t12-;/m0./s1. The zero-order chi connectivity index (χ0) is 17.0. The number of anilines is 1. The Hall–Kier alpha value is -1.82. The number of benzene rings is 1. The molecule has 0 bridgehead atoms. The van der Waals surface area contributed by atoms with Gasteiger partial charge >= 0.3 is 5.97 Å². The van der Waals surface area contributed by atoms with E-state index < -0.39 is 5.97 Å². The number of halogens is 2. The van der Waals surface area contributed by atoms with Crippen LogP contribution >= 0.6 is 24.0 Å². The summed E-state index contributed by atoms with van der Waals surface area (Å²) in [6.07, 6.45) is -0.0112. The van der Waals surface area contributed by atoms with Crippen LogP contribution in [0.5, 0.6) is 0 Å². The van der Waals surface area contributed by atoms with Gasteiger partial charge in [0.15, 0.2) is 0 Å². The van der Waals surface area contributed by atoms with E-state index in [-0.39, 0.29) is 31.3 Å². The van der Waals surface area contributed by atoms with Crippen molar-refractivity contribution in [2.75, 3.05) is 25.5 Å². The lowest BCUT2D eigenvalue weighted by molar-refractivity contribution is -0.137. The molecular formula is C17H21Cl2N3O2. The molecule has 0 fully saturated rings. The molecule has 7 heteroatoms. The molecule has 5 nitrogen and oxygen atoms in total. The highest BCUT2D eigenvalue weighted by atomic mass is 35.5. The quantitative estimate of drug-likeness (QED) is 0.815. The molecule has 0 unspecified atom stereocenters. The van der Waals surface area contributed by atoms with Gasteiger partial charge in [-0.15, -0.1) is 12.4 Å². The lowest BCUT2D eigenvalue weighted by Gasteiger charge is -2.16. The lowest BCUT2D eigenvalue weighted by atomic mass is 9.93. The molecule has 1 aromatic heterocycles. The Morgan fingerprint density at radius 1 is 1.33 bits per heavy atom. The van der Waals surface area contributed by atoms with Gasteiger partial charge in [0.2, 0.25) is 0 Å². The van der Waals surface area contributed by atoms with Crippen molar-refractivity contribution in [3.05, 3.63) is 47.0 Å². The largest absolute Gasteiger partial charge is 0.481 e. The topological polar surface area (TPSA) is 79.5 Å². The fourth-order valence-corrected chi connectivity index (χ4v) is 2.58. The molecule has 2 aromatic rings. The number of nitrogens with two attached hydrogens (primary N) is 1. The van der Waals surface area contributed by atoms with Crippen LogP contribution in [0.3, 0.4) is 0 Å². The smallest absolute Gasteiger partial charge is 0.304 e. The SMILES string of the molecule is CN(C)c1cccc(-c2cc([C@H](CN)CC(=O)O)ccc2Cl)n1.Cl. The van der Waals surface area contributed by atoms with Crippen molar-refractivity contribution in [3.63, 3.8) is 0 Å². The molecule has 3 N–H and O–H groups in total. The van der Waals surface area contributed by atoms with E-state index in [1.165, 1.54) is 0 Å². The average molecular weight is 370 g/mol. The summed E-state index contributed by atoms with van der Waals surface area (Å²) in [4.78, 5) is 17.5. The molecule has 1 aromatic carbocycles. The van der Waals surface area contributed by atoms with Crippen molar-refractivity contribution in [1.29, 1.82) is 0 Å². The number of aliphatic carboxylic acids is 1. The van der Waals surface area contributed by atoms with Crippen molar-refractivity contribution in [3.8, 4) is 11.3 Å². The van der Waals surface area contributed by atoms with Crippen molar-refractivity contribution < 1.29 is 9.90 Å². The number of carboxylic acids is 1. The van der Waals surface area contributed by atoms with Gasteiger partial charge in [-0.25, -0.2) is 4.98 Å². The second-order valence-corrected chi connectivity index (χ2v) is 5.95. The number of hydrogen-bond acceptors (Lipinski definition) is 4. The first-order chi connectivity index (χ1) is 10.9. The summed E-state index contributed by atoms with van der Waals surface area (Å²) in [6.45, 7) is 0.262. The van der Waals surface area contributed by atoms with Crippen LogP contribution in [-0.4, -0.2) is 36.7 Å². The maximum absolute atomic E-state index is 11.0. The third-order valence-electron chi connectivity index (χ3n) is 3.64. The second-order valence-electron chi connectivity index (χ2n) is 5.55. The third kappa shape index (κ3) is 4.84. The molecule has 0 radical (unpaired) electrons. The number of carboxylic acid groups (broad SMARTS) is 1. The highest BCUT2D eigenvalue weighted by Crippen LogP contribution is 2.31. The zero-order valence-corrected chi connectivity index (χ0v) is 15.1. The number of pyridine rings is 1. The minimum atomic E-state index is -0.871. The lowest BCUT2D eigenvalue weighted by Crippen LogP contribution is -2.16. The van der Waals surface area contributed by atoms with Crippen LogP contribution < -0.4 is 10.6 Å². The molecule has 0 aliphatic rings. The van der Waals surface area contributed by atoms with Gasteiger partial charge in [0.1, 0.15) is 5.82 Å². The fourth-order valence-electron chi connectivity index (χ4n) is 2.36. The fraction of sp³-hybridized carbons (Fsp3) is 0.294. The Balaban J connectivity index is 0.00000288. The minimum Gasteiger partial charge on any atom is -0.481 e. The first-order valence-corrected chi connectivity index (χ1v) is 7.66. The summed E-state index contributed by atoms with van der Waals surface area (Å²) in [5.74, 6) is -0.296. The van der Waals surface area contributed by atoms with E-state index in [4.69, 9.17) is 22.4 Å². The summed E-state index contributed by atoms with van der Waals surface area (Å²) >= 11 is 6.32. The Morgan fingerprint density at radius 3 is 2.62 bits per heavy atom.